The summed E-state index contributed by atoms with van der Waals surface area (Å²) in [7, 11) is 0. The molecule has 3 fully saturated rings. The van der Waals surface area contributed by atoms with Gasteiger partial charge in [0.05, 0.1) is 11.6 Å². The van der Waals surface area contributed by atoms with Crippen LogP contribution in [0.5, 0.6) is 0 Å². The van der Waals surface area contributed by atoms with Crippen LogP contribution >= 0.6 is 15.9 Å². The highest BCUT2D eigenvalue weighted by Crippen LogP contribution is 2.43. The largest absolute Gasteiger partial charge is 0.387 e. The Bertz CT molecular complexity index is 699. The number of aliphatic hydroxyl groups excluding tert-OH is 1. The average molecular weight is 375 g/mol. The van der Waals surface area contributed by atoms with Crippen molar-refractivity contribution in [2.45, 2.75) is 36.7 Å². The van der Waals surface area contributed by atoms with Crippen LogP contribution in [0.3, 0.4) is 0 Å². The Morgan fingerprint density at radius 1 is 1.30 bits per heavy atom. The molecule has 0 radical (unpaired) electrons. The number of hydrogen-bond acceptors (Lipinski definition) is 3. The van der Waals surface area contributed by atoms with Crippen molar-refractivity contribution in [1.82, 2.24) is 9.88 Å². The highest BCUT2D eigenvalue weighted by Gasteiger charge is 2.44. The number of aliphatic hydroxyl groups is 1. The van der Waals surface area contributed by atoms with Gasteiger partial charge >= 0.3 is 0 Å². The molecule has 4 heteroatoms. The summed E-state index contributed by atoms with van der Waals surface area (Å²) < 4.78 is 0. The SMILES string of the molecule is C[C@H](Br)[C@H]1CN2CC[C@@H]1C[C@@H]2[C@H](O)c1ccnc2ccccc12. The molecule has 1 N–H and O–H groups in total. The molecule has 5 rings (SSSR count). The first-order chi connectivity index (χ1) is 11.1. The number of pyridine rings is 1. The van der Waals surface area contributed by atoms with Crippen LogP contribution in [-0.4, -0.2) is 38.9 Å². The summed E-state index contributed by atoms with van der Waals surface area (Å²) >= 11 is 3.77. The maximum absolute atomic E-state index is 11.1. The molecule has 23 heavy (non-hydrogen) atoms. The Morgan fingerprint density at radius 2 is 2.13 bits per heavy atom. The zero-order valence-electron chi connectivity index (χ0n) is 13.4. The molecule has 0 spiro atoms. The van der Waals surface area contributed by atoms with Crippen molar-refractivity contribution in [2.24, 2.45) is 11.8 Å². The smallest absolute Gasteiger partial charge is 0.0952 e. The van der Waals surface area contributed by atoms with E-state index in [0.29, 0.717) is 10.7 Å². The zero-order valence-corrected chi connectivity index (χ0v) is 15.0. The number of para-hydroxylation sites is 1. The number of aromatic nitrogens is 1. The number of piperidine rings is 3. The fourth-order valence-corrected chi connectivity index (χ4v) is 5.14. The monoisotopic (exact) mass is 374 g/mol. The third kappa shape index (κ3) is 2.71. The lowest BCUT2D eigenvalue weighted by atomic mass is 9.72. The molecule has 0 aliphatic carbocycles. The molecule has 4 heterocycles. The predicted molar refractivity (Wildman–Crippen MR) is 96.7 cm³/mol. The molecule has 1 unspecified atom stereocenters. The third-order valence-electron chi connectivity index (χ3n) is 5.81. The topological polar surface area (TPSA) is 36.4 Å². The summed E-state index contributed by atoms with van der Waals surface area (Å²) in [5, 5.41) is 12.2. The van der Waals surface area contributed by atoms with Crippen LogP contribution in [0.1, 0.15) is 31.4 Å². The molecule has 1 aromatic carbocycles. The summed E-state index contributed by atoms with van der Waals surface area (Å²) in [6.45, 7) is 4.47. The van der Waals surface area contributed by atoms with E-state index in [4.69, 9.17) is 0 Å². The van der Waals surface area contributed by atoms with Gasteiger partial charge in [-0.1, -0.05) is 41.1 Å². The van der Waals surface area contributed by atoms with Gasteiger partial charge in [0.15, 0.2) is 0 Å². The Balaban J connectivity index is 1.64. The van der Waals surface area contributed by atoms with Gasteiger partial charge < -0.3 is 5.11 Å². The van der Waals surface area contributed by atoms with Crippen LogP contribution < -0.4 is 0 Å². The molecule has 2 bridgehead atoms. The highest BCUT2D eigenvalue weighted by molar-refractivity contribution is 9.09. The molecule has 0 amide bonds. The fourth-order valence-electron chi connectivity index (χ4n) is 4.54. The summed E-state index contributed by atoms with van der Waals surface area (Å²) in [5.74, 6) is 1.43. The van der Waals surface area contributed by atoms with Crippen molar-refractivity contribution in [1.29, 1.82) is 0 Å². The highest BCUT2D eigenvalue weighted by atomic mass is 79.9. The molecule has 122 valence electrons. The van der Waals surface area contributed by atoms with Gasteiger partial charge in [0.1, 0.15) is 0 Å². The van der Waals surface area contributed by atoms with E-state index in [0.717, 1.165) is 41.9 Å². The first-order valence-electron chi connectivity index (χ1n) is 8.55. The van der Waals surface area contributed by atoms with Crippen molar-refractivity contribution < 1.29 is 5.11 Å². The second-order valence-corrected chi connectivity index (χ2v) is 8.49. The Hall–Kier alpha value is -0.970. The minimum atomic E-state index is -0.433. The van der Waals surface area contributed by atoms with E-state index < -0.39 is 6.10 Å². The Kier molecular flexibility index (Phi) is 4.16. The minimum absolute atomic E-state index is 0.238. The van der Waals surface area contributed by atoms with Gasteiger partial charge in [-0.05, 0) is 48.9 Å². The van der Waals surface area contributed by atoms with E-state index in [2.05, 4.69) is 38.8 Å². The molecule has 3 aliphatic heterocycles. The Labute approximate surface area is 145 Å². The molecule has 3 saturated heterocycles. The number of alkyl halides is 1. The molecule has 3 nitrogen and oxygen atoms in total. The standard InChI is InChI=1S/C19H23BrN2O/c1-12(20)16-11-22-9-7-13(16)10-18(22)19(23)15-6-8-21-17-5-3-2-4-14(15)17/h2-6,8,12-13,16,18-19,23H,7,9-11H2,1H3/t12-,13+,16+,18+,19+/m0/s1. The lowest BCUT2D eigenvalue weighted by Crippen LogP contribution is -2.56. The lowest BCUT2D eigenvalue weighted by Gasteiger charge is -2.52. The maximum Gasteiger partial charge on any atom is 0.0952 e. The lowest BCUT2D eigenvalue weighted by molar-refractivity contribution is -0.0544. The van der Waals surface area contributed by atoms with Crippen LogP contribution in [0.2, 0.25) is 0 Å². The van der Waals surface area contributed by atoms with E-state index in [1.54, 1.807) is 0 Å². The molecule has 3 aliphatic rings. The molecule has 2 aromatic rings. The number of benzene rings is 1. The first kappa shape index (κ1) is 15.6. The number of fused-ring (bicyclic) bond motifs is 4. The van der Waals surface area contributed by atoms with Crippen LogP contribution in [0.25, 0.3) is 10.9 Å². The van der Waals surface area contributed by atoms with Crippen LogP contribution in [0.15, 0.2) is 36.5 Å². The molecule has 6 atom stereocenters. The third-order valence-corrected chi connectivity index (χ3v) is 6.49. The van der Waals surface area contributed by atoms with Crippen molar-refractivity contribution in [3.8, 4) is 0 Å². The van der Waals surface area contributed by atoms with E-state index in [-0.39, 0.29) is 6.04 Å². The normalized spacial score (nSPS) is 32.8. The fraction of sp³-hybridized carbons (Fsp3) is 0.526. The van der Waals surface area contributed by atoms with Crippen molar-refractivity contribution >= 4 is 26.8 Å². The van der Waals surface area contributed by atoms with Gasteiger partial charge in [-0.2, -0.15) is 0 Å². The first-order valence-corrected chi connectivity index (χ1v) is 9.46. The minimum Gasteiger partial charge on any atom is -0.387 e. The van der Waals surface area contributed by atoms with E-state index in [9.17, 15) is 5.11 Å². The van der Waals surface area contributed by atoms with Crippen molar-refractivity contribution in [3.05, 3.63) is 42.1 Å². The Morgan fingerprint density at radius 3 is 2.87 bits per heavy atom. The predicted octanol–water partition coefficient (Wildman–Crippen LogP) is 3.76. The number of nitrogens with zero attached hydrogens (tertiary/aromatic N) is 2. The second kappa shape index (κ2) is 6.15. The van der Waals surface area contributed by atoms with Crippen molar-refractivity contribution in [3.63, 3.8) is 0 Å². The van der Waals surface area contributed by atoms with Crippen LogP contribution in [-0.2, 0) is 0 Å². The summed E-state index contributed by atoms with van der Waals surface area (Å²) in [6, 6.07) is 10.3. The molecule has 0 saturated carbocycles. The molecular formula is C19H23BrN2O. The van der Waals surface area contributed by atoms with E-state index in [1.165, 1.54) is 6.42 Å². The quantitative estimate of drug-likeness (QED) is 0.830. The van der Waals surface area contributed by atoms with Gasteiger partial charge in [0.25, 0.3) is 0 Å². The van der Waals surface area contributed by atoms with Crippen LogP contribution in [0, 0.1) is 11.8 Å². The van der Waals surface area contributed by atoms with Gasteiger partial charge in [-0.3, -0.25) is 9.88 Å². The average Bonchev–Trinajstić information content (AvgIpc) is 2.60. The van der Waals surface area contributed by atoms with E-state index >= 15 is 0 Å². The van der Waals surface area contributed by atoms with Gasteiger partial charge in [0, 0.05) is 29.0 Å². The molecular weight excluding hydrogens is 352 g/mol. The second-order valence-electron chi connectivity index (χ2n) is 7.05. The number of rotatable bonds is 3. The molecule has 1 aromatic heterocycles. The number of halogens is 1. The van der Waals surface area contributed by atoms with Gasteiger partial charge in [0.2, 0.25) is 0 Å². The van der Waals surface area contributed by atoms with Crippen LogP contribution in [0.4, 0.5) is 0 Å². The zero-order chi connectivity index (χ0) is 16.0. The van der Waals surface area contributed by atoms with Gasteiger partial charge in [-0.25, -0.2) is 0 Å². The van der Waals surface area contributed by atoms with E-state index in [1.807, 2.05) is 30.5 Å². The summed E-state index contributed by atoms with van der Waals surface area (Å²) in [5.41, 5.74) is 1.99. The van der Waals surface area contributed by atoms with Crippen molar-refractivity contribution in [2.75, 3.05) is 13.1 Å². The van der Waals surface area contributed by atoms with Gasteiger partial charge in [-0.15, -0.1) is 0 Å². The summed E-state index contributed by atoms with van der Waals surface area (Å²) in [6.07, 6.45) is 3.75. The number of hydrogen-bond donors (Lipinski definition) is 1. The summed E-state index contributed by atoms with van der Waals surface area (Å²) in [4.78, 5) is 7.48. The maximum atomic E-state index is 11.1.